The van der Waals surface area contributed by atoms with E-state index in [9.17, 15) is 0 Å². The van der Waals surface area contributed by atoms with Crippen LogP contribution >= 0.6 is 11.3 Å². The zero-order valence-corrected chi connectivity index (χ0v) is 12.3. The number of thiazole rings is 1. The quantitative estimate of drug-likeness (QED) is 0.843. The van der Waals surface area contributed by atoms with Crippen molar-refractivity contribution >= 4 is 11.3 Å². The van der Waals surface area contributed by atoms with Gasteiger partial charge in [-0.15, -0.1) is 11.3 Å². The number of methoxy groups -OCH3 is 1. The average Bonchev–Trinajstić information content (AvgIpc) is 2.88. The van der Waals surface area contributed by atoms with Crippen molar-refractivity contribution in [3.63, 3.8) is 0 Å². The van der Waals surface area contributed by atoms with E-state index in [1.54, 1.807) is 18.4 Å². The second kappa shape index (κ2) is 7.38. The van der Waals surface area contributed by atoms with Gasteiger partial charge in [0.05, 0.1) is 17.3 Å². The van der Waals surface area contributed by atoms with Crippen LogP contribution in [0, 0.1) is 0 Å². The number of ether oxygens (including phenoxy) is 1. The lowest BCUT2D eigenvalue weighted by atomic mass is 10.1. The van der Waals surface area contributed by atoms with E-state index in [-0.39, 0.29) is 0 Å². The minimum absolute atomic E-state index is 0.666. The Kier molecular flexibility index (Phi) is 5.51. The Balaban J connectivity index is 1.83. The highest BCUT2D eigenvalue weighted by Crippen LogP contribution is 2.10. The van der Waals surface area contributed by atoms with Crippen molar-refractivity contribution in [3.8, 4) is 0 Å². The van der Waals surface area contributed by atoms with E-state index < -0.39 is 0 Å². The minimum Gasteiger partial charge on any atom is -0.380 e. The van der Waals surface area contributed by atoms with Crippen LogP contribution in [0.1, 0.15) is 28.8 Å². The van der Waals surface area contributed by atoms with Crippen molar-refractivity contribution < 1.29 is 4.74 Å². The predicted octanol–water partition coefficient (Wildman–Crippen LogP) is 3.14. The molecule has 0 amide bonds. The summed E-state index contributed by atoms with van der Waals surface area (Å²) in [5.74, 6) is 0. The highest BCUT2D eigenvalue weighted by atomic mass is 32.1. The van der Waals surface area contributed by atoms with Crippen molar-refractivity contribution in [1.29, 1.82) is 0 Å². The smallest absolute Gasteiger partial charge is 0.0926 e. The molecule has 2 rings (SSSR count). The highest BCUT2D eigenvalue weighted by molar-refractivity contribution is 7.09. The van der Waals surface area contributed by atoms with E-state index in [0.717, 1.165) is 25.2 Å². The molecule has 4 heteroatoms. The van der Waals surface area contributed by atoms with Gasteiger partial charge in [-0.2, -0.15) is 0 Å². The normalized spacial score (nSPS) is 10.8. The first-order valence-corrected chi connectivity index (χ1v) is 7.40. The second-order valence-corrected chi connectivity index (χ2v) is 5.39. The number of aryl methyl sites for hydroxylation is 1. The van der Waals surface area contributed by atoms with Crippen molar-refractivity contribution in [2.24, 2.45) is 0 Å². The van der Waals surface area contributed by atoms with E-state index in [0.29, 0.717) is 6.61 Å². The van der Waals surface area contributed by atoms with Gasteiger partial charge in [-0.25, -0.2) is 4.98 Å². The van der Waals surface area contributed by atoms with E-state index in [1.807, 2.05) is 0 Å². The number of aromatic nitrogens is 1. The molecule has 1 N–H and O–H groups in total. The van der Waals surface area contributed by atoms with E-state index in [4.69, 9.17) is 4.74 Å². The minimum atomic E-state index is 0.666. The second-order valence-electron chi connectivity index (χ2n) is 4.44. The third-order valence-corrected chi connectivity index (χ3v) is 3.88. The molecule has 0 fully saturated rings. The Labute approximate surface area is 118 Å². The number of nitrogens with zero attached hydrogens (tertiary/aromatic N) is 1. The van der Waals surface area contributed by atoms with Crippen LogP contribution in [-0.2, 0) is 30.9 Å². The molecule has 1 aromatic heterocycles. The third kappa shape index (κ3) is 4.42. The van der Waals surface area contributed by atoms with Gasteiger partial charge in [0.25, 0.3) is 0 Å². The summed E-state index contributed by atoms with van der Waals surface area (Å²) in [4.78, 5) is 4.54. The lowest BCUT2D eigenvalue weighted by Crippen LogP contribution is -2.13. The Bertz CT molecular complexity index is 510. The Morgan fingerprint density at radius 2 is 2.11 bits per heavy atom. The van der Waals surface area contributed by atoms with Gasteiger partial charge in [-0.1, -0.05) is 31.2 Å². The molecule has 0 unspecified atom stereocenters. The number of hydrogen-bond acceptors (Lipinski definition) is 4. The molecule has 0 saturated heterocycles. The molecule has 0 aliphatic heterocycles. The molecular weight excluding hydrogens is 256 g/mol. The molecule has 0 spiro atoms. The van der Waals surface area contributed by atoms with Crippen LogP contribution in [0.15, 0.2) is 29.6 Å². The number of rotatable bonds is 7. The van der Waals surface area contributed by atoms with Gasteiger partial charge in [0.1, 0.15) is 0 Å². The maximum absolute atomic E-state index is 5.14. The van der Waals surface area contributed by atoms with Gasteiger partial charge in [0, 0.05) is 25.6 Å². The SMILES string of the molecule is CCc1nc(CNCc2cccc(COC)c2)cs1. The first-order valence-electron chi connectivity index (χ1n) is 6.52. The zero-order valence-electron chi connectivity index (χ0n) is 11.5. The van der Waals surface area contributed by atoms with Crippen LogP contribution in [0.4, 0.5) is 0 Å². The predicted molar refractivity (Wildman–Crippen MR) is 79.2 cm³/mol. The molecule has 3 nitrogen and oxygen atoms in total. The molecule has 1 aromatic carbocycles. The van der Waals surface area contributed by atoms with E-state index in [1.165, 1.54) is 16.1 Å². The molecule has 0 atom stereocenters. The Hall–Kier alpha value is -1.23. The van der Waals surface area contributed by atoms with Crippen LogP contribution in [0.5, 0.6) is 0 Å². The van der Waals surface area contributed by atoms with Crippen molar-refractivity contribution in [2.75, 3.05) is 7.11 Å². The molecule has 102 valence electrons. The summed E-state index contributed by atoms with van der Waals surface area (Å²) in [5.41, 5.74) is 3.62. The molecule has 19 heavy (non-hydrogen) atoms. The first kappa shape index (κ1) is 14.2. The maximum atomic E-state index is 5.14. The van der Waals surface area contributed by atoms with E-state index >= 15 is 0 Å². The molecule has 0 aliphatic rings. The molecule has 1 heterocycles. The van der Waals surface area contributed by atoms with Crippen LogP contribution in [0.25, 0.3) is 0 Å². The molecule has 0 bridgehead atoms. The van der Waals surface area contributed by atoms with Gasteiger partial charge < -0.3 is 10.1 Å². The number of nitrogens with one attached hydrogen (secondary N) is 1. The fourth-order valence-corrected chi connectivity index (χ4v) is 2.67. The molecule has 2 aromatic rings. The monoisotopic (exact) mass is 276 g/mol. The van der Waals surface area contributed by atoms with Gasteiger partial charge in [0.15, 0.2) is 0 Å². The third-order valence-electron chi connectivity index (χ3n) is 2.84. The first-order chi connectivity index (χ1) is 9.31. The van der Waals surface area contributed by atoms with Crippen LogP contribution in [0.3, 0.4) is 0 Å². The fraction of sp³-hybridized carbons (Fsp3) is 0.400. The molecule has 0 aliphatic carbocycles. The Morgan fingerprint density at radius 3 is 2.84 bits per heavy atom. The molecule has 0 radical (unpaired) electrons. The summed E-state index contributed by atoms with van der Waals surface area (Å²) in [6.45, 7) is 4.48. The summed E-state index contributed by atoms with van der Waals surface area (Å²) in [6, 6.07) is 8.46. The van der Waals surface area contributed by atoms with Gasteiger partial charge in [-0.05, 0) is 17.5 Å². The standard InChI is InChI=1S/C15H20N2OS/c1-3-15-17-14(11-19-15)9-16-8-12-5-4-6-13(7-12)10-18-2/h4-7,11,16H,3,8-10H2,1-2H3. The zero-order chi connectivity index (χ0) is 13.5. The molecular formula is C15H20N2OS. The number of benzene rings is 1. The van der Waals surface area contributed by atoms with Crippen LogP contribution < -0.4 is 5.32 Å². The summed E-state index contributed by atoms with van der Waals surface area (Å²) in [6.07, 6.45) is 1.02. The van der Waals surface area contributed by atoms with Crippen molar-refractivity contribution in [1.82, 2.24) is 10.3 Å². The van der Waals surface area contributed by atoms with E-state index in [2.05, 4.69) is 46.9 Å². The summed E-state index contributed by atoms with van der Waals surface area (Å²) in [5, 5.41) is 6.77. The Morgan fingerprint density at radius 1 is 1.26 bits per heavy atom. The summed E-state index contributed by atoms with van der Waals surface area (Å²) < 4.78 is 5.14. The van der Waals surface area contributed by atoms with Gasteiger partial charge in [0.2, 0.25) is 0 Å². The van der Waals surface area contributed by atoms with Gasteiger partial charge >= 0.3 is 0 Å². The number of hydrogen-bond donors (Lipinski definition) is 1. The largest absolute Gasteiger partial charge is 0.380 e. The fourth-order valence-electron chi connectivity index (χ4n) is 1.92. The lowest BCUT2D eigenvalue weighted by Gasteiger charge is -2.05. The van der Waals surface area contributed by atoms with Crippen molar-refractivity contribution in [2.45, 2.75) is 33.0 Å². The topological polar surface area (TPSA) is 34.2 Å². The maximum Gasteiger partial charge on any atom is 0.0926 e. The summed E-state index contributed by atoms with van der Waals surface area (Å²) >= 11 is 1.74. The highest BCUT2D eigenvalue weighted by Gasteiger charge is 2.00. The van der Waals surface area contributed by atoms with Crippen molar-refractivity contribution in [3.05, 3.63) is 51.5 Å². The average molecular weight is 276 g/mol. The molecule has 0 saturated carbocycles. The lowest BCUT2D eigenvalue weighted by molar-refractivity contribution is 0.185. The van der Waals surface area contributed by atoms with Gasteiger partial charge in [-0.3, -0.25) is 0 Å². The summed E-state index contributed by atoms with van der Waals surface area (Å²) in [7, 11) is 1.72. The van der Waals surface area contributed by atoms with Crippen LogP contribution in [-0.4, -0.2) is 12.1 Å². The van der Waals surface area contributed by atoms with Crippen LogP contribution in [0.2, 0.25) is 0 Å².